The number of nitrogens with two attached hydrogens (primary N) is 1. The van der Waals surface area contributed by atoms with Crippen LogP contribution in [0.1, 0.15) is 20.3 Å². The molecule has 1 saturated heterocycles. The molecule has 0 unspecified atom stereocenters. The van der Waals surface area contributed by atoms with Crippen LogP contribution in [0.5, 0.6) is 0 Å². The van der Waals surface area contributed by atoms with Crippen molar-refractivity contribution in [2.75, 3.05) is 12.3 Å². The van der Waals surface area contributed by atoms with Gasteiger partial charge in [-0.15, -0.1) is 0 Å². The van der Waals surface area contributed by atoms with Crippen LogP contribution in [0.2, 0.25) is 0 Å². The number of hydrogen-bond acceptors (Lipinski definition) is 8. The highest BCUT2D eigenvalue weighted by Crippen LogP contribution is 2.45. The molecular formula is C12H18N5O6PS. The Kier molecular flexibility index (Phi) is 4.27. The van der Waals surface area contributed by atoms with Crippen molar-refractivity contribution in [2.24, 2.45) is 0 Å². The van der Waals surface area contributed by atoms with Crippen LogP contribution in [0.15, 0.2) is 11.1 Å². The van der Waals surface area contributed by atoms with E-state index in [0.717, 1.165) is 0 Å². The molecule has 25 heavy (non-hydrogen) atoms. The van der Waals surface area contributed by atoms with E-state index in [1.807, 2.05) is 0 Å². The average molecular weight is 391 g/mol. The van der Waals surface area contributed by atoms with E-state index in [-0.39, 0.29) is 30.1 Å². The number of imidazole rings is 1. The second kappa shape index (κ2) is 5.81. The molecule has 138 valence electrons. The Morgan fingerprint density at radius 2 is 2.28 bits per heavy atom. The molecule has 1 fully saturated rings. The molecule has 1 aliphatic rings. The molecule has 11 nitrogen and oxygen atoms in total. The maximum Gasteiger partial charge on any atom is 0.321 e. The fourth-order valence-electron chi connectivity index (χ4n) is 2.94. The molecule has 0 radical (unpaired) electrons. The van der Waals surface area contributed by atoms with Crippen LogP contribution in [0, 0.1) is 0 Å². The van der Waals surface area contributed by atoms with Gasteiger partial charge in [0.05, 0.1) is 19.0 Å². The molecule has 0 spiro atoms. The first-order valence-corrected chi connectivity index (χ1v) is 9.88. The van der Waals surface area contributed by atoms with Crippen molar-refractivity contribution in [3.63, 3.8) is 0 Å². The zero-order chi connectivity index (χ0) is 18.6. The van der Waals surface area contributed by atoms with Gasteiger partial charge in [-0.3, -0.25) is 14.3 Å². The Hall–Kier alpha value is -1.40. The molecule has 0 saturated carbocycles. The summed E-state index contributed by atoms with van der Waals surface area (Å²) in [4.78, 5) is 40.9. The van der Waals surface area contributed by atoms with Crippen molar-refractivity contribution in [2.45, 2.75) is 37.7 Å². The maximum atomic E-state index is 11.9. The Morgan fingerprint density at radius 1 is 1.60 bits per heavy atom. The van der Waals surface area contributed by atoms with Gasteiger partial charge in [0.15, 0.2) is 11.2 Å². The molecule has 2 aromatic heterocycles. The number of aliphatic hydroxyl groups is 1. The van der Waals surface area contributed by atoms with Crippen LogP contribution in [0.3, 0.4) is 0 Å². The number of hydrogen-bond donors (Lipinski definition) is 5. The van der Waals surface area contributed by atoms with Crippen LogP contribution >= 0.6 is 6.72 Å². The van der Waals surface area contributed by atoms with Crippen LogP contribution in [0.25, 0.3) is 11.2 Å². The molecular weight excluding hydrogens is 373 g/mol. The van der Waals surface area contributed by atoms with E-state index in [4.69, 9.17) is 15.0 Å². The predicted octanol–water partition coefficient (Wildman–Crippen LogP) is -0.860. The van der Waals surface area contributed by atoms with E-state index in [1.54, 1.807) is 13.8 Å². The van der Waals surface area contributed by atoms with E-state index >= 15 is 0 Å². The number of anilines is 1. The van der Waals surface area contributed by atoms with Gasteiger partial charge in [0.1, 0.15) is 11.3 Å². The Bertz CT molecular complexity index is 926. The number of aromatic amines is 1. The largest absolute Gasteiger partial charge is 0.390 e. The number of nitrogens with one attached hydrogen (secondary N) is 1. The quantitative estimate of drug-likeness (QED) is 0.413. The standard InChI is InChI=1S/C12H18N5O6PS/c1-11(4-22-24(20,21)25)6(18)3-12(2,23-11)17-5-14-7-8(17)15-10(13)16-9(7)19/h5-6,18H,3-4H2,1-2H3,(H2,20,21,25)(H3,13,15,16,19)/t6-,11-,12-/m1/s1. The van der Waals surface area contributed by atoms with Crippen LogP contribution < -0.4 is 11.3 Å². The average Bonchev–Trinajstić information content (AvgIpc) is 2.97. The second-order valence-corrected chi connectivity index (χ2v) is 8.98. The van der Waals surface area contributed by atoms with Crippen LogP contribution in [-0.4, -0.2) is 52.7 Å². The van der Waals surface area contributed by atoms with Gasteiger partial charge in [0.2, 0.25) is 5.95 Å². The van der Waals surface area contributed by atoms with Crippen molar-refractivity contribution in [1.82, 2.24) is 19.5 Å². The molecule has 2 aromatic rings. The summed E-state index contributed by atoms with van der Waals surface area (Å²) >= 11 is 4.42. The minimum Gasteiger partial charge on any atom is -0.390 e. The Balaban J connectivity index is 1.98. The van der Waals surface area contributed by atoms with Gasteiger partial charge >= 0.3 is 6.72 Å². The second-order valence-electron chi connectivity index (χ2n) is 6.31. The van der Waals surface area contributed by atoms with E-state index in [2.05, 4.69) is 26.8 Å². The third kappa shape index (κ3) is 3.34. The summed E-state index contributed by atoms with van der Waals surface area (Å²) in [6.07, 6.45) is 0.483. The highest BCUT2D eigenvalue weighted by atomic mass is 32.5. The minimum absolute atomic E-state index is 0.0752. The number of H-pyrrole nitrogens is 1. The first kappa shape index (κ1) is 18.4. The molecule has 3 rings (SSSR count). The highest BCUT2D eigenvalue weighted by molar-refractivity contribution is 8.06. The van der Waals surface area contributed by atoms with Crippen molar-refractivity contribution in [3.8, 4) is 0 Å². The lowest BCUT2D eigenvalue weighted by atomic mass is 9.99. The van der Waals surface area contributed by atoms with E-state index < -0.39 is 29.7 Å². The lowest BCUT2D eigenvalue weighted by Crippen LogP contribution is -2.41. The minimum atomic E-state index is -3.89. The fourth-order valence-corrected chi connectivity index (χ4v) is 3.53. The van der Waals surface area contributed by atoms with Crippen LogP contribution in [-0.2, 0) is 26.8 Å². The molecule has 13 heteroatoms. The van der Waals surface area contributed by atoms with Gasteiger partial charge in [0.25, 0.3) is 5.56 Å². The fraction of sp³-hybridized carbons (Fsp3) is 0.583. The molecule has 1 aliphatic heterocycles. The van der Waals surface area contributed by atoms with Gasteiger partial charge in [-0.2, -0.15) is 4.98 Å². The number of ether oxygens (including phenoxy) is 1. The predicted molar refractivity (Wildman–Crippen MR) is 91.0 cm³/mol. The van der Waals surface area contributed by atoms with Gasteiger partial charge in [-0.1, -0.05) is 0 Å². The number of nitrogen functional groups attached to an aromatic ring is 1. The van der Waals surface area contributed by atoms with Gasteiger partial charge < -0.3 is 29.9 Å². The highest BCUT2D eigenvalue weighted by Gasteiger charge is 2.53. The maximum absolute atomic E-state index is 11.9. The number of aliphatic hydroxyl groups excluding tert-OH is 1. The van der Waals surface area contributed by atoms with E-state index in [1.165, 1.54) is 10.9 Å². The van der Waals surface area contributed by atoms with Gasteiger partial charge in [-0.05, 0) is 25.7 Å². The number of fused-ring (bicyclic) bond motifs is 1. The van der Waals surface area contributed by atoms with Gasteiger partial charge in [0, 0.05) is 6.42 Å². The summed E-state index contributed by atoms with van der Waals surface area (Å²) in [5.41, 5.74) is 3.01. The third-order valence-corrected chi connectivity index (χ3v) is 4.97. The smallest absolute Gasteiger partial charge is 0.321 e. The zero-order valence-electron chi connectivity index (χ0n) is 13.4. The normalized spacial score (nSPS) is 30.2. The van der Waals surface area contributed by atoms with E-state index in [9.17, 15) is 19.7 Å². The lowest BCUT2D eigenvalue weighted by Gasteiger charge is -2.31. The Labute approximate surface area is 146 Å². The van der Waals surface area contributed by atoms with Crippen molar-refractivity contribution in [1.29, 1.82) is 0 Å². The Morgan fingerprint density at radius 3 is 2.92 bits per heavy atom. The first-order chi connectivity index (χ1) is 11.4. The van der Waals surface area contributed by atoms with Crippen molar-refractivity contribution in [3.05, 3.63) is 16.7 Å². The van der Waals surface area contributed by atoms with Crippen molar-refractivity contribution < 1.29 is 24.2 Å². The lowest BCUT2D eigenvalue weighted by molar-refractivity contribution is -0.157. The summed E-state index contributed by atoms with van der Waals surface area (Å²) in [6.45, 7) is -0.982. The molecule has 0 amide bonds. The molecule has 0 aliphatic carbocycles. The monoisotopic (exact) mass is 391 g/mol. The first-order valence-electron chi connectivity index (χ1n) is 7.25. The van der Waals surface area contributed by atoms with Crippen LogP contribution in [0.4, 0.5) is 5.95 Å². The topological polar surface area (TPSA) is 169 Å². The summed E-state index contributed by atoms with van der Waals surface area (Å²) in [7, 11) is 0. The van der Waals surface area contributed by atoms with Gasteiger partial charge in [-0.25, -0.2) is 4.98 Å². The number of nitrogens with zero attached hydrogens (tertiary/aromatic N) is 3. The summed E-state index contributed by atoms with van der Waals surface area (Å²) in [5, 5.41) is 10.4. The number of aromatic nitrogens is 4. The number of rotatable bonds is 4. The molecule has 3 heterocycles. The summed E-state index contributed by atoms with van der Waals surface area (Å²) in [6, 6.07) is 0. The summed E-state index contributed by atoms with van der Waals surface area (Å²) < 4.78 is 12.3. The third-order valence-electron chi connectivity index (χ3n) is 4.18. The molecule has 0 aromatic carbocycles. The van der Waals surface area contributed by atoms with E-state index in [0.29, 0.717) is 0 Å². The zero-order valence-corrected chi connectivity index (χ0v) is 15.1. The SMILES string of the molecule is C[C@]1(COP(O)(O)=S)O[C@@](C)(n2cnc3c(=O)[nH]c(N)nc32)C[C@H]1O. The van der Waals surface area contributed by atoms with Crippen molar-refractivity contribution >= 4 is 35.6 Å². The summed E-state index contributed by atoms with van der Waals surface area (Å²) in [5.74, 6) is -0.0752. The molecule has 6 N–H and O–H groups in total. The molecule has 3 atom stereocenters. The molecule has 0 bridgehead atoms.